The molecule has 0 aliphatic carbocycles. The van der Waals surface area contributed by atoms with Crippen molar-refractivity contribution in [2.24, 2.45) is 12.8 Å². The van der Waals surface area contributed by atoms with Crippen LogP contribution in [0.1, 0.15) is 18.3 Å². The molecule has 0 fully saturated rings. The van der Waals surface area contributed by atoms with Crippen molar-refractivity contribution in [3.63, 3.8) is 0 Å². The zero-order valence-corrected chi connectivity index (χ0v) is 10.9. The molecule has 1 atom stereocenters. The molecule has 1 amide bonds. The molecule has 0 aliphatic rings. The van der Waals surface area contributed by atoms with E-state index in [-0.39, 0.29) is 6.61 Å². The van der Waals surface area contributed by atoms with E-state index in [9.17, 15) is 9.59 Å². The molecule has 1 aromatic heterocycles. The molecule has 6 heteroatoms. The predicted octanol–water partition coefficient (Wildman–Crippen LogP) is -0.160. The number of nitrogens with one attached hydrogen (secondary N) is 1. The molecule has 0 saturated heterocycles. The predicted molar refractivity (Wildman–Crippen MR) is 66.6 cm³/mol. The van der Waals surface area contributed by atoms with Gasteiger partial charge in [0.25, 0.3) is 0 Å². The number of rotatable bonds is 5. The summed E-state index contributed by atoms with van der Waals surface area (Å²) >= 11 is 0. The Kier molecular flexibility index (Phi) is 4.91. The Morgan fingerprint density at radius 2 is 2.17 bits per heavy atom. The minimum atomic E-state index is -1.27. The fourth-order valence-corrected chi connectivity index (χ4v) is 1.47. The maximum atomic E-state index is 11.6. The smallest absolute Gasteiger partial charge is 0.332 e. The Morgan fingerprint density at radius 3 is 2.67 bits per heavy atom. The Labute approximate surface area is 106 Å². The van der Waals surface area contributed by atoms with Crippen LogP contribution in [0.4, 0.5) is 0 Å². The van der Waals surface area contributed by atoms with Gasteiger partial charge >= 0.3 is 5.97 Å². The van der Waals surface area contributed by atoms with E-state index in [1.165, 1.54) is 0 Å². The van der Waals surface area contributed by atoms with Gasteiger partial charge in [0.15, 0.2) is 6.04 Å². The van der Waals surface area contributed by atoms with Crippen molar-refractivity contribution in [2.75, 3.05) is 6.61 Å². The van der Waals surface area contributed by atoms with Gasteiger partial charge in [-0.2, -0.15) is 0 Å². The Morgan fingerprint density at radius 1 is 1.50 bits per heavy atom. The standard InChI is InChI=1S/C12H19N3O3/c1-4-18-12(17)10(13)11(16)14-7-9-6-5-8(2)15(9)3/h5-6,10H,4,7,13H2,1-3H3,(H,14,16). The second-order valence-corrected chi connectivity index (χ2v) is 3.97. The summed E-state index contributed by atoms with van der Waals surface area (Å²) in [5, 5.41) is 2.61. The third kappa shape index (κ3) is 3.33. The molecule has 0 spiro atoms. The first-order valence-corrected chi connectivity index (χ1v) is 5.78. The van der Waals surface area contributed by atoms with E-state index >= 15 is 0 Å². The average molecular weight is 253 g/mol. The number of ether oxygens (including phenoxy) is 1. The lowest BCUT2D eigenvalue weighted by atomic mass is 10.3. The van der Waals surface area contributed by atoms with E-state index in [1.807, 2.05) is 30.7 Å². The van der Waals surface area contributed by atoms with Crippen molar-refractivity contribution >= 4 is 11.9 Å². The van der Waals surface area contributed by atoms with E-state index < -0.39 is 17.9 Å². The summed E-state index contributed by atoms with van der Waals surface area (Å²) in [5.41, 5.74) is 7.49. The zero-order chi connectivity index (χ0) is 13.7. The minimum Gasteiger partial charge on any atom is -0.464 e. The monoisotopic (exact) mass is 253 g/mol. The van der Waals surface area contributed by atoms with Gasteiger partial charge in [-0.15, -0.1) is 0 Å². The fourth-order valence-electron chi connectivity index (χ4n) is 1.47. The number of carbonyl (C=O) groups excluding carboxylic acids is 2. The highest BCUT2D eigenvalue weighted by atomic mass is 16.5. The number of hydrogen-bond donors (Lipinski definition) is 2. The SMILES string of the molecule is CCOC(=O)C(N)C(=O)NCc1ccc(C)n1C. The van der Waals surface area contributed by atoms with Gasteiger partial charge in [0.05, 0.1) is 13.2 Å². The highest BCUT2D eigenvalue weighted by Crippen LogP contribution is 2.05. The number of carbonyl (C=O) groups is 2. The van der Waals surface area contributed by atoms with Crippen molar-refractivity contribution in [1.82, 2.24) is 9.88 Å². The third-order valence-corrected chi connectivity index (χ3v) is 2.74. The zero-order valence-electron chi connectivity index (χ0n) is 10.9. The number of nitrogens with two attached hydrogens (primary N) is 1. The molecular formula is C12H19N3O3. The first-order chi connectivity index (χ1) is 8.47. The molecule has 100 valence electrons. The molecule has 0 aromatic carbocycles. The van der Waals surface area contributed by atoms with E-state index in [4.69, 9.17) is 5.73 Å². The van der Waals surface area contributed by atoms with Crippen LogP contribution < -0.4 is 11.1 Å². The summed E-state index contributed by atoms with van der Waals surface area (Å²) in [5.74, 6) is -1.25. The Balaban J connectivity index is 2.51. The maximum absolute atomic E-state index is 11.6. The second kappa shape index (κ2) is 6.20. The highest BCUT2D eigenvalue weighted by molar-refractivity contribution is 6.01. The number of aryl methyl sites for hydroxylation is 1. The topological polar surface area (TPSA) is 86.3 Å². The lowest BCUT2D eigenvalue weighted by Gasteiger charge is -2.11. The van der Waals surface area contributed by atoms with Crippen LogP contribution in [0.15, 0.2) is 12.1 Å². The maximum Gasteiger partial charge on any atom is 0.332 e. The molecule has 6 nitrogen and oxygen atoms in total. The van der Waals surface area contributed by atoms with E-state index in [2.05, 4.69) is 10.1 Å². The average Bonchev–Trinajstić information content (AvgIpc) is 2.66. The van der Waals surface area contributed by atoms with E-state index in [0.717, 1.165) is 11.4 Å². The number of esters is 1. The Bertz CT molecular complexity index is 440. The molecular weight excluding hydrogens is 234 g/mol. The lowest BCUT2D eigenvalue weighted by molar-refractivity contribution is -0.148. The lowest BCUT2D eigenvalue weighted by Crippen LogP contribution is -2.46. The van der Waals surface area contributed by atoms with Crippen LogP contribution in [-0.2, 0) is 27.9 Å². The summed E-state index contributed by atoms with van der Waals surface area (Å²) in [6.45, 7) is 4.16. The van der Waals surface area contributed by atoms with Crippen LogP contribution in [0, 0.1) is 6.92 Å². The number of nitrogens with zero attached hydrogens (tertiary/aromatic N) is 1. The minimum absolute atomic E-state index is 0.205. The summed E-state index contributed by atoms with van der Waals surface area (Å²) in [4.78, 5) is 22.9. The first kappa shape index (κ1) is 14.2. The summed E-state index contributed by atoms with van der Waals surface area (Å²) < 4.78 is 6.63. The molecule has 1 aromatic rings. The van der Waals surface area contributed by atoms with Crippen molar-refractivity contribution in [1.29, 1.82) is 0 Å². The first-order valence-electron chi connectivity index (χ1n) is 5.78. The molecule has 0 aliphatic heterocycles. The van der Waals surface area contributed by atoms with Crippen LogP contribution in [-0.4, -0.2) is 29.1 Å². The van der Waals surface area contributed by atoms with Gasteiger partial charge < -0.3 is 20.4 Å². The summed E-state index contributed by atoms with van der Waals surface area (Å²) in [6.07, 6.45) is 0. The van der Waals surface area contributed by atoms with Gasteiger partial charge in [-0.3, -0.25) is 4.79 Å². The van der Waals surface area contributed by atoms with Crippen LogP contribution in [0.3, 0.4) is 0 Å². The van der Waals surface area contributed by atoms with Crippen molar-refractivity contribution in [3.8, 4) is 0 Å². The van der Waals surface area contributed by atoms with Crippen LogP contribution >= 0.6 is 0 Å². The normalized spacial score (nSPS) is 12.0. The van der Waals surface area contributed by atoms with Crippen molar-refractivity contribution in [2.45, 2.75) is 26.4 Å². The van der Waals surface area contributed by atoms with Gasteiger partial charge in [-0.25, -0.2) is 4.79 Å². The van der Waals surface area contributed by atoms with Gasteiger partial charge in [-0.05, 0) is 26.0 Å². The van der Waals surface area contributed by atoms with Gasteiger partial charge in [0, 0.05) is 18.4 Å². The van der Waals surface area contributed by atoms with Crippen LogP contribution in [0.5, 0.6) is 0 Å². The summed E-state index contributed by atoms with van der Waals surface area (Å²) in [6, 6.07) is 2.59. The summed E-state index contributed by atoms with van der Waals surface area (Å²) in [7, 11) is 1.90. The molecule has 3 N–H and O–H groups in total. The number of aromatic nitrogens is 1. The van der Waals surface area contributed by atoms with E-state index in [1.54, 1.807) is 6.92 Å². The van der Waals surface area contributed by atoms with E-state index in [0.29, 0.717) is 6.54 Å². The van der Waals surface area contributed by atoms with Gasteiger partial charge in [0.2, 0.25) is 5.91 Å². The Hall–Kier alpha value is -1.82. The largest absolute Gasteiger partial charge is 0.464 e. The molecule has 0 radical (unpaired) electrons. The molecule has 1 unspecified atom stereocenters. The van der Waals surface area contributed by atoms with Crippen LogP contribution in [0.25, 0.3) is 0 Å². The quantitative estimate of drug-likeness (QED) is 0.564. The molecule has 0 bridgehead atoms. The van der Waals surface area contributed by atoms with Gasteiger partial charge in [-0.1, -0.05) is 0 Å². The molecule has 1 heterocycles. The van der Waals surface area contributed by atoms with Crippen LogP contribution in [0.2, 0.25) is 0 Å². The molecule has 1 rings (SSSR count). The molecule has 0 saturated carbocycles. The fraction of sp³-hybridized carbons (Fsp3) is 0.500. The molecule has 18 heavy (non-hydrogen) atoms. The van der Waals surface area contributed by atoms with Crippen molar-refractivity contribution < 1.29 is 14.3 Å². The second-order valence-electron chi connectivity index (χ2n) is 3.97. The highest BCUT2D eigenvalue weighted by Gasteiger charge is 2.23. The van der Waals surface area contributed by atoms with Crippen molar-refractivity contribution in [3.05, 3.63) is 23.5 Å². The third-order valence-electron chi connectivity index (χ3n) is 2.74. The van der Waals surface area contributed by atoms with Gasteiger partial charge in [0.1, 0.15) is 0 Å². The number of hydrogen-bond acceptors (Lipinski definition) is 4. The number of amides is 1.